The molecule has 10 heteroatoms. The van der Waals surface area contributed by atoms with Gasteiger partial charge in [-0.25, -0.2) is 0 Å². The Kier molecular flexibility index (Phi) is 11.3. The Hall–Kier alpha value is -3.47. The van der Waals surface area contributed by atoms with Gasteiger partial charge in [0.2, 0.25) is 5.91 Å². The van der Waals surface area contributed by atoms with Crippen LogP contribution in [-0.2, 0) is 23.9 Å². The van der Waals surface area contributed by atoms with Gasteiger partial charge in [-0.3, -0.25) is 14.4 Å². The van der Waals surface area contributed by atoms with Gasteiger partial charge in [-0.2, -0.15) is 0 Å². The van der Waals surface area contributed by atoms with Gasteiger partial charge in [0.1, 0.15) is 11.6 Å². The first-order valence-electron chi connectivity index (χ1n) is 16.6. The number of fused-ring (bicyclic) bond motifs is 1. The first-order valence-corrected chi connectivity index (χ1v) is 17.5. The number of unbranched alkanes of at least 4 members (excludes halogenated alkanes) is 2. The molecule has 3 unspecified atom stereocenters. The molecule has 3 heterocycles. The van der Waals surface area contributed by atoms with Crippen LogP contribution in [0.2, 0.25) is 0 Å². The van der Waals surface area contributed by atoms with E-state index in [9.17, 15) is 14.7 Å². The largest absolute Gasteiger partial charge is 0.465 e. The van der Waals surface area contributed by atoms with Crippen molar-refractivity contribution in [2.24, 2.45) is 11.8 Å². The molecule has 0 radical (unpaired) electrons. The number of halogens is 1. The summed E-state index contributed by atoms with van der Waals surface area (Å²) in [4.78, 5) is 48.5. The van der Waals surface area contributed by atoms with E-state index in [0.717, 1.165) is 31.6 Å². The normalized spacial score (nSPS) is 26.5. The highest BCUT2D eigenvalue weighted by atomic mass is 79.9. The SMILES string of the molecule is C=CCCCCOC(=O)[C@H]1[C@H]2C(=O)N([C@H](CO)c3ccccc3)C(C(=O)N(CC=C)c3ccc(N(CC)CC)cc3)C23CC(Br)[C@@H]1O3. The maximum Gasteiger partial charge on any atom is 0.312 e. The van der Waals surface area contributed by atoms with E-state index in [4.69, 9.17) is 9.47 Å². The minimum Gasteiger partial charge on any atom is -0.465 e. The maximum absolute atomic E-state index is 15.0. The molecule has 3 aliphatic rings. The van der Waals surface area contributed by atoms with Crippen LogP contribution in [0.1, 0.15) is 51.1 Å². The van der Waals surface area contributed by atoms with Gasteiger partial charge >= 0.3 is 5.97 Å². The molecule has 2 aromatic carbocycles. The van der Waals surface area contributed by atoms with Crippen LogP contribution in [0.3, 0.4) is 0 Å². The van der Waals surface area contributed by atoms with E-state index in [0.29, 0.717) is 24.1 Å². The van der Waals surface area contributed by atoms with Gasteiger partial charge in [0.05, 0.1) is 37.2 Å². The molecule has 1 spiro atoms. The van der Waals surface area contributed by atoms with Crippen LogP contribution in [0, 0.1) is 11.8 Å². The van der Waals surface area contributed by atoms with Crippen molar-refractivity contribution in [1.29, 1.82) is 0 Å². The van der Waals surface area contributed by atoms with Crippen molar-refractivity contribution in [3.63, 3.8) is 0 Å². The Morgan fingerprint density at radius 1 is 1.09 bits per heavy atom. The van der Waals surface area contributed by atoms with Crippen LogP contribution >= 0.6 is 15.9 Å². The quantitative estimate of drug-likeness (QED) is 0.108. The number of carbonyl (C=O) groups is 3. The van der Waals surface area contributed by atoms with Crippen LogP contribution in [0.15, 0.2) is 79.9 Å². The van der Waals surface area contributed by atoms with Crippen LogP contribution < -0.4 is 9.80 Å². The summed E-state index contributed by atoms with van der Waals surface area (Å²) in [6.45, 7) is 13.5. The Labute approximate surface area is 286 Å². The van der Waals surface area contributed by atoms with Gasteiger partial charge in [-0.05, 0) is 69.4 Å². The zero-order valence-corrected chi connectivity index (χ0v) is 28.9. The molecule has 3 aliphatic heterocycles. The van der Waals surface area contributed by atoms with Gasteiger partial charge in [0.25, 0.3) is 5.91 Å². The summed E-state index contributed by atoms with van der Waals surface area (Å²) in [5.41, 5.74) is 1.07. The summed E-state index contributed by atoms with van der Waals surface area (Å²) in [6.07, 6.45) is 5.53. The Morgan fingerprint density at radius 3 is 2.38 bits per heavy atom. The summed E-state index contributed by atoms with van der Waals surface area (Å²) in [7, 11) is 0. The fourth-order valence-electron chi connectivity index (χ4n) is 7.67. The van der Waals surface area contributed by atoms with Gasteiger partial charge in [-0.1, -0.05) is 58.4 Å². The molecule has 2 amide bonds. The molecule has 0 aromatic heterocycles. The minimum atomic E-state index is -1.30. The second kappa shape index (κ2) is 15.2. The first-order chi connectivity index (χ1) is 22.8. The zero-order chi connectivity index (χ0) is 33.7. The number of alkyl halides is 1. The second-order valence-corrected chi connectivity index (χ2v) is 13.6. The number of allylic oxidation sites excluding steroid dienone is 1. The summed E-state index contributed by atoms with van der Waals surface area (Å²) in [5.74, 6) is -3.08. The van der Waals surface area contributed by atoms with E-state index in [1.807, 2.05) is 60.7 Å². The predicted molar refractivity (Wildman–Crippen MR) is 186 cm³/mol. The number of hydrogen-bond acceptors (Lipinski definition) is 7. The van der Waals surface area contributed by atoms with Crippen LogP contribution in [0.4, 0.5) is 11.4 Å². The number of benzene rings is 2. The Balaban J connectivity index is 1.56. The third kappa shape index (κ3) is 6.39. The number of anilines is 2. The molecule has 252 valence electrons. The molecule has 2 aromatic rings. The van der Waals surface area contributed by atoms with E-state index in [2.05, 4.69) is 47.8 Å². The molecule has 3 fully saturated rings. The predicted octanol–water partition coefficient (Wildman–Crippen LogP) is 5.43. The van der Waals surface area contributed by atoms with Gasteiger partial charge in [0.15, 0.2) is 0 Å². The monoisotopic (exact) mass is 707 g/mol. The summed E-state index contributed by atoms with van der Waals surface area (Å²) < 4.78 is 12.4. The number of amides is 2. The van der Waals surface area contributed by atoms with Gasteiger partial charge in [-0.15, -0.1) is 13.2 Å². The number of carbonyl (C=O) groups excluding carboxylic acids is 3. The van der Waals surface area contributed by atoms with Gasteiger partial charge in [0, 0.05) is 35.8 Å². The van der Waals surface area contributed by atoms with Crippen molar-refractivity contribution in [2.75, 3.05) is 42.6 Å². The topological polar surface area (TPSA) is 99.6 Å². The standard InChI is InChI=1S/C37H46BrN3O6/c1-5-9-10-14-22-46-36(45)30-31-34(43)41(29(24-42)25-15-12-11-13-16-25)33(37(31)23-28(38)32(30)47-37)35(44)40(21-6-2)27-19-17-26(18-20-27)39(7-3)8-4/h5-6,11-13,15-20,28-33,42H,1-2,7-10,14,21-24H2,3-4H3/t28?,29-,30+,31+,32+,33?,37?/m1/s1. The smallest absolute Gasteiger partial charge is 0.312 e. The minimum absolute atomic E-state index is 0.190. The highest BCUT2D eigenvalue weighted by Gasteiger charge is 2.77. The van der Waals surface area contributed by atoms with Crippen molar-refractivity contribution in [2.45, 2.75) is 68.1 Å². The fourth-order valence-corrected chi connectivity index (χ4v) is 8.62. The highest BCUT2D eigenvalue weighted by molar-refractivity contribution is 9.09. The third-order valence-corrected chi connectivity index (χ3v) is 10.7. The lowest BCUT2D eigenvalue weighted by atomic mass is 9.70. The van der Waals surface area contributed by atoms with Crippen molar-refractivity contribution in [3.05, 3.63) is 85.5 Å². The molecule has 2 bridgehead atoms. The molecule has 0 saturated carbocycles. The Morgan fingerprint density at radius 2 is 1.77 bits per heavy atom. The second-order valence-electron chi connectivity index (χ2n) is 12.4. The number of rotatable bonds is 16. The van der Waals surface area contributed by atoms with Crippen LogP contribution in [0.25, 0.3) is 0 Å². The van der Waals surface area contributed by atoms with Crippen molar-refractivity contribution < 1.29 is 29.0 Å². The van der Waals surface area contributed by atoms with E-state index in [1.54, 1.807) is 11.0 Å². The van der Waals surface area contributed by atoms with Crippen molar-refractivity contribution >= 4 is 45.1 Å². The molecule has 0 aliphatic carbocycles. The number of likely N-dealkylation sites (tertiary alicyclic amines) is 1. The number of aliphatic hydroxyl groups is 1. The van der Waals surface area contributed by atoms with Crippen LogP contribution in [-0.4, -0.2) is 83.2 Å². The van der Waals surface area contributed by atoms with Gasteiger partial charge < -0.3 is 29.3 Å². The Bertz CT molecular complexity index is 1430. The number of hydrogen-bond donors (Lipinski definition) is 1. The van der Waals surface area contributed by atoms with E-state index < -0.39 is 54.1 Å². The molecular formula is C37H46BrN3O6. The van der Waals surface area contributed by atoms with E-state index >= 15 is 4.79 Å². The lowest BCUT2D eigenvalue weighted by Gasteiger charge is -2.39. The lowest BCUT2D eigenvalue weighted by molar-refractivity contribution is -0.155. The fraction of sp³-hybridized carbons (Fsp3) is 0.486. The number of aliphatic hydroxyl groups excluding tert-OH is 1. The zero-order valence-electron chi connectivity index (χ0n) is 27.3. The molecule has 5 rings (SSSR count). The molecular weight excluding hydrogens is 662 g/mol. The van der Waals surface area contributed by atoms with Crippen molar-refractivity contribution in [3.8, 4) is 0 Å². The molecule has 47 heavy (non-hydrogen) atoms. The highest BCUT2D eigenvalue weighted by Crippen LogP contribution is 2.61. The van der Waals surface area contributed by atoms with E-state index in [-0.39, 0.29) is 23.9 Å². The molecule has 1 N–H and O–H groups in total. The molecule has 3 saturated heterocycles. The summed E-state index contributed by atoms with van der Waals surface area (Å²) >= 11 is 3.73. The molecule has 7 atom stereocenters. The number of nitrogens with zero attached hydrogens (tertiary/aromatic N) is 3. The number of esters is 1. The van der Waals surface area contributed by atoms with E-state index in [1.165, 1.54) is 4.90 Å². The molecule has 9 nitrogen and oxygen atoms in total. The first kappa shape index (κ1) is 34.9. The summed E-state index contributed by atoms with van der Waals surface area (Å²) in [6, 6.07) is 15.0. The lowest BCUT2D eigenvalue weighted by Crippen LogP contribution is -2.57. The average Bonchev–Trinajstić information content (AvgIpc) is 3.68. The summed E-state index contributed by atoms with van der Waals surface area (Å²) in [5, 5.41) is 10.8. The number of ether oxygens (including phenoxy) is 2. The van der Waals surface area contributed by atoms with Crippen molar-refractivity contribution in [1.82, 2.24) is 4.90 Å². The third-order valence-electron chi connectivity index (χ3n) is 9.84. The van der Waals surface area contributed by atoms with Crippen LogP contribution in [0.5, 0.6) is 0 Å². The maximum atomic E-state index is 15.0. The average molecular weight is 709 g/mol.